The van der Waals surface area contributed by atoms with Crippen molar-refractivity contribution in [2.24, 2.45) is 10.8 Å². The summed E-state index contributed by atoms with van der Waals surface area (Å²) in [4.78, 5) is 28.4. The van der Waals surface area contributed by atoms with Crippen LogP contribution < -0.4 is 9.64 Å². The molecule has 2 heterocycles. The highest BCUT2D eigenvalue weighted by Crippen LogP contribution is 2.71. The number of halogens is 6. The van der Waals surface area contributed by atoms with E-state index in [0.717, 1.165) is 50.8 Å². The van der Waals surface area contributed by atoms with Gasteiger partial charge in [0.05, 0.1) is 18.0 Å². The molecule has 0 N–H and O–H groups in total. The molecule has 6 aliphatic rings. The zero-order valence-corrected chi connectivity index (χ0v) is 24.4. The molecule has 6 fully saturated rings. The Bertz CT molecular complexity index is 1550. The molecule has 6 nitrogen and oxygen atoms in total. The number of rotatable bonds is 9. The van der Waals surface area contributed by atoms with Crippen molar-refractivity contribution in [3.63, 3.8) is 0 Å². The van der Waals surface area contributed by atoms with Gasteiger partial charge in [-0.3, -0.25) is 9.78 Å². The molecule has 4 bridgehead atoms. The van der Waals surface area contributed by atoms with Crippen LogP contribution in [0.25, 0.3) is 11.4 Å². The molecule has 0 spiro atoms. The number of benzene rings is 1. The number of anilines is 1. The standard InChI is InChI=1S/C33H32F6N4O2/c34-28(35)45-24-15-41-27(42-16-24)21-2-1-3-23(12-21)43(26(44)13-30-17-32(36,18-30)19-30)20-29-6-9-31(10-7-29,11-8-29)25-5-4-22(14-40-25)33(37,38)39/h1-5,12,14-16,28H,6-11,13,17-20H2. The van der Waals surface area contributed by atoms with Crippen LogP contribution in [0, 0.1) is 10.8 Å². The van der Waals surface area contributed by atoms with Crippen molar-refractivity contribution in [1.82, 2.24) is 15.0 Å². The van der Waals surface area contributed by atoms with E-state index >= 15 is 0 Å². The summed E-state index contributed by atoms with van der Waals surface area (Å²) in [5.41, 5.74) is -0.682. The predicted octanol–water partition coefficient (Wildman–Crippen LogP) is 8.07. The number of fused-ring (bicyclic) bond motifs is 3. The van der Waals surface area contributed by atoms with Gasteiger partial charge in [-0.2, -0.15) is 22.0 Å². The van der Waals surface area contributed by atoms with E-state index in [0.29, 0.717) is 42.8 Å². The first-order valence-corrected chi connectivity index (χ1v) is 15.2. The maximum absolute atomic E-state index is 14.3. The molecule has 0 unspecified atom stereocenters. The zero-order chi connectivity index (χ0) is 31.7. The van der Waals surface area contributed by atoms with Crippen molar-refractivity contribution in [3.05, 3.63) is 66.2 Å². The highest BCUT2D eigenvalue weighted by atomic mass is 19.4. The summed E-state index contributed by atoms with van der Waals surface area (Å²) in [5.74, 6) is 0.0471. The van der Waals surface area contributed by atoms with Crippen molar-refractivity contribution >= 4 is 11.6 Å². The second kappa shape index (κ2) is 10.4. The van der Waals surface area contributed by atoms with Crippen LogP contribution in [0.2, 0.25) is 0 Å². The molecule has 0 aliphatic heterocycles. The molecule has 1 aromatic carbocycles. The number of carbonyl (C=O) groups excluding carboxylic acids is 1. The summed E-state index contributed by atoms with van der Waals surface area (Å²) < 4.78 is 83.2. The van der Waals surface area contributed by atoms with Crippen molar-refractivity contribution < 1.29 is 35.9 Å². The highest BCUT2D eigenvalue weighted by molar-refractivity contribution is 5.95. The SMILES string of the molecule is O=C(CC12CC(F)(C1)C2)N(CC12CCC(c3ccc(C(F)(F)F)cn3)(CC1)CC2)c1cccc(-c2ncc(OC(F)F)cn2)c1. The first-order valence-electron chi connectivity index (χ1n) is 15.2. The molecule has 45 heavy (non-hydrogen) atoms. The summed E-state index contributed by atoms with van der Waals surface area (Å²) in [6.07, 6.45) is 5.00. The van der Waals surface area contributed by atoms with Gasteiger partial charge < -0.3 is 9.64 Å². The van der Waals surface area contributed by atoms with Crippen LogP contribution in [0.3, 0.4) is 0 Å². The Labute approximate surface area is 256 Å². The van der Waals surface area contributed by atoms with Crippen LogP contribution in [-0.2, 0) is 16.4 Å². The van der Waals surface area contributed by atoms with Crippen LogP contribution in [-0.4, -0.2) is 39.7 Å². The second-order valence-electron chi connectivity index (χ2n) is 13.7. The summed E-state index contributed by atoms with van der Waals surface area (Å²) >= 11 is 0. The third-order valence-corrected chi connectivity index (χ3v) is 10.7. The van der Waals surface area contributed by atoms with Gasteiger partial charge in [0.25, 0.3) is 0 Å². The molecule has 12 heteroatoms. The largest absolute Gasteiger partial charge is 0.432 e. The normalized spacial score (nSPS) is 30.0. The van der Waals surface area contributed by atoms with E-state index in [2.05, 4.69) is 19.7 Å². The number of carbonyl (C=O) groups is 1. The fraction of sp³-hybridized carbons (Fsp3) is 0.515. The van der Waals surface area contributed by atoms with E-state index in [1.807, 2.05) is 6.07 Å². The summed E-state index contributed by atoms with van der Waals surface area (Å²) in [5, 5.41) is 0. The van der Waals surface area contributed by atoms with Gasteiger partial charge in [0.15, 0.2) is 11.6 Å². The number of aromatic nitrogens is 3. The molecule has 238 valence electrons. The van der Waals surface area contributed by atoms with E-state index in [9.17, 15) is 31.1 Å². The van der Waals surface area contributed by atoms with Gasteiger partial charge in [0.2, 0.25) is 5.91 Å². The van der Waals surface area contributed by atoms with E-state index < -0.39 is 24.0 Å². The summed E-state index contributed by atoms with van der Waals surface area (Å²) in [7, 11) is 0. The molecule has 0 saturated heterocycles. The maximum atomic E-state index is 14.3. The van der Waals surface area contributed by atoms with Crippen LogP contribution in [0.1, 0.15) is 75.5 Å². The lowest BCUT2D eigenvalue weighted by Crippen LogP contribution is -2.65. The van der Waals surface area contributed by atoms with Crippen molar-refractivity contribution in [2.75, 3.05) is 11.4 Å². The van der Waals surface area contributed by atoms with Gasteiger partial charge in [-0.1, -0.05) is 12.1 Å². The van der Waals surface area contributed by atoms with Crippen LogP contribution in [0.15, 0.2) is 55.0 Å². The monoisotopic (exact) mass is 630 g/mol. The number of hydrogen-bond donors (Lipinski definition) is 0. The van der Waals surface area contributed by atoms with Gasteiger partial charge in [-0.25, -0.2) is 14.4 Å². The number of pyridine rings is 1. The Morgan fingerprint density at radius 3 is 2.11 bits per heavy atom. The minimum atomic E-state index is -4.44. The third-order valence-electron chi connectivity index (χ3n) is 10.7. The zero-order valence-electron chi connectivity index (χ0n) is 24.4. The predicted molar refractivity (Wildman–Crippen MR) is 152 cm³/mol. The number of hydrogen-bond acceptors (Lipinski definition) is 5. The Morgan fingerprint density at radius 2 is 1.56 bits per heavy atom. The van der Waals surface area contributed by atoms with E-state index in [-0.39, 0.29) is 40.1 Å². The highest BCUT2D eigenvalue weighted by Gasteiger charge is 2.69. The molecule has 3 aromatic rings. The third kappa shape index (κ3) is 5.54. The van der Waals surface area contributed by atoms with Gasteiger partial charge >= 0.3 is 12.8 Å². The minimum Gasteiger partial charge on any atom is -0.432 e. The summed E-state index contributed by atoms with van der Waals surface area (Å²) in [6, 6.07) is 9.82. The molecule has 9 rings (SSSR count). The van der Waals surface area contributed by atoms with Gasteiger partial charge in [-0.05, 0) is 92.9 Å². The Kier molecular flexibility index (Phi) is 6.94. The average molecular weight is 631 g/mol. The first-order chi connectivity index (χ1) is 21.3. The summed E-state index contributed by atoms with van der Waals surface area (Å²) in [6.45, 7) is -2.53. The van der Waals surface area contributed by atoms with Crippen molar-refractivity contribution in [2.45, 2.75) is 88.1 Å². The van der Waals surface area contributed by atoms with Crippen LogP contribution in [0.5, 0.6) is 5.75 Å². The number of ether oxygens (including phenoxy) is 1. The molecular formula is C33H32F6N4O2. The lowest BCUT2D eigenvalue weighted by molar-refractivity contribution is -0.215. The average Bonchev–Trinajstić information content (AvgIpc) is 2.99. The molecule has 0 radical (unpaired) electrons. The lowest BCUT2D eigenvalue weighted by atomic mass is 9.41. The fourth-order valence-electron chi connectivity index (χ4n) is 8.33. The van der Waals surface area contributed by atoms with Crippen molar-refractivity contribution in [3.8, 4) is 17.1 Å². The Morgan fingerprint density at radius 1 is 0.889 bits per heavy atom. The van der Waals surface area contributed by atoms with Crippen LogP contribution >= 0.6 is 0 Å². The molecular weight excluding hydrogens is 598 g/mol. The van der Waals surface area contributed by atoms with Gasteiger partial charge in [0, 0.05) is 41.5 Å². The number of nitrogens with zero attached hydrogens (tertiary/aromatic N) is 4. The minimum absolute atomic E-state index is 0.0725. The molecule has 2 aromatic heterocycles. The van der Waals surface area contributed by atoms with Gasteiger partial charge in [-0.15, -0.1) is 0 Å². The second-order valence-corrected chi connectivity index (χ2v) is 13.7. The molecule has 1 amide bonds. The van der Waals surface area contributed by atoms with Crippen LogP contribution in [0.4, 0.5) is 32.0 Å². The van der Waals surface area contributed by atoms with Gasteiger partial charge in [0.1, 0.15) is 5.67 Å². The maximum Gasteiger partial charge on any atom is 0.417 e. The van der Waals surface area contributed by atoms with E-state index in [1.54, 1.807) is 23.1 Å². The van der Waals surface area contributed by atoms with E-state index in [4.69, 9.17) is 0 Å². The fourth-order valence-corrected chi connectivity index (χ4v) is 8.33. The van der Waals surface area contributed by atoms with Crippen molar-refractivity contribution in [1.29, 1.82) is 0 Å². The smallest absolute Gasteiger partial charge is 0.417 e. The topological polar surface area (TPSA) is 68.2 Å². The van der Waals surface area contributed by atoms with E-state index in [1.165, 1.54) is 18.5 Å². The first kappa shape index (κ1) is 30.0. The lowest BCUT2D eigenvalue weighted by Gasteiger charge is -2.66. The molecule has 6 aliphatic carbocycles. The molecule has 0 atom stereocenters. The number of amides is 1. The quantitative estimate of drug-likeness (QED) is 0.224. The Hall–Kier alpha value is -3.70. The Balaban J connectivity index is 1.12. The number of alkyl halides is 6. The molecule has 6 saturated carbocycles.